The summed E-state index contributed by atoms with van der Waals surface area (Å²) in [6.07, 6.45) is 8.15. The highest BCUT2D eigenvalue weighted by Gasteiger charge is 2.23. The van der Waals surface area contributed by atoms with E-state index >= 15 is 0 Å². The monoisotopic (exact) mass is 196 g/mol. The second-order valence-corrected chi connectivity index (χ2v) is 5.33. The highest BCUT2D eigenvalue weighted by molar-refractivity contribution is 5.05. The molecule has 1 fully saturated rings. The van der Waals surface area contributed by atoms with Crippen molar-refractivity contribution in [2.45, 2.75) is 66.7 Å². The first kappa shape index (κ1) is 13.7. The molecule has 0 spiro atoms. The summed E-state index contributed by atoms with van der Waals surface area (Å²) in [5.41, 5.74) is 1.99. The number of hydrogen-bond donors (Lipinski definition) is 0. The van der Waals surface area contributed by atoms with E-state index in [4.69, 9.17) is 0 Å². The SMILES string of the molecule is C.C=C(CC(C)(C)CC)C1CCCC1. The fourth-order valence-electron chi connectivity index (χ4n) is 2.22. The summed E-state index contributed by atoms with van der Waals surface area (Å²) in [4.78, 5) is 0. The van der Waals surface area contributed by atoms with Gasteiger partial charge in [0.1, 0.15) is 0 Å². The van der Waals surface area contributed by atoms with Gasteiger partial charge in [-0.25, -0.2) is 0 Å². The summed E-state index contributed by atoms with van der Waals surface area (Å²) < 4.78 is 0. The fraction of sp³-hybridized carbons (Fsp3) is 0.857. The van der Waals surface area contributed by atoms with Crippen molar-refractivity contribution in [2.75, 3.05) is 0 Å². The molecule has 1 rings (SSSR count). The first-order valence-corrected chi connectivity index (χ1v) is 5.73. The molecule has 0 aromatic carbocycles. The third-order valence-corrected chi connectivity index (χ3v) is 3.60. The average molecular weight is 196 g/mol. The van der Waals surface area contributed by atoms with Crippen LogP contribution < -0.4 is 0 Å². The van der Waals surface area contributed by atoms with Gasteiger partial charge >= 0.3 is 0 Å². The van der Waals surface area contributed by atoms with Crippen LogP contribution in [0.1, 0.15) is 66.7 Å². The van der Waals surface area contributed by atoms with Crippen molar-refractivity contribution in [1.82, 2.24) is 0 Å². The molecule has 0 radical (unpaired) electrons. The Morgan fingerprint density at radius 3 is 2.21 bits per heavy atom. The van der Waals surface area contributed by atoms with Gasteiger partial charge in [-0.1, -0.05) is 59.6 Å². The molecule has 1 aliphatic carbocycles. The molecule has 0 bridgehead atoms. The van der Waals surface area contributed by atoms with Gasteiger partial charge in [-0.05, 0) is 30.6 Å². The molecule has 1 aliphatic rings. The maximum absolute atomic E-state index is 4.27. The second-order valence-electron chi connectivity index (χ2n) is 5.33. The molecule has 0 atom stereocenters. The Labute approximate surface area is 90.8 Å². The predicted molar refractivity (Wildman–Crippen MR) is 66.5 cm³/mol. The Morgan fingerprint density at radius 1 is 1.29 bits per heavy atom. The van der Waals surface area contributed by atoms with Crippen LogP contribution in [0.15, 0.2) is 12.2 Å². The Kier molecular flexibility index (Phi) is 5.48. The van der Waals surface area contributed by atoms with E-state index in [0.717, 1.165) is 5.92 Å². The molecule has 0 unspecified atom stereocenters. The first-order chi connectivity index (χ1) is 6.05. The third kappa shape index (κ3) is 3.86. The lowest BCUT2D eigenvalue weighted by molar-refractivity contribution is 0.334. The molecular formula is C14H28. The van der Waals surface area contributed by atoms with Gasteiger partial charge in [-0.15, -0.1) is 0 Å². The van der Waals surface area contributed by atoms with Gasteiger partial charge in [0.15, 0.2) is 0 Å². The molecule has 0 heteroatoms. The standard InChI is InChI=1S/C13H24.CH4/c1-5-13(3,4)10-11(2)12-8-6-7-9-12;/h12H,2,5-10H2,1,3-4H3;1H4. The third-order valence-electron chi connectivity index (χ3n) is 3.60. The fourth-order valence-corrected chi connectivity index (χ4v) is 2.22. The summed E-state index contributed by atoms with van der Waals surface area (Å²) in [7, 11) is 0. The highest BCUT2D eigenvalue weighted by Crippen LogP contribution is 2.37. The number of hydrogen-bond acceptors (Lipinski definition) is 0. The van der Waals surface area contributed by atoms with Crippen LogP contribution in [-0.2, 0) is 0 Å². The Hall–Kier alpha value is -0.260. The Bertz CT molecular complexity index is 170. The van der Waals surface area contributed by atoms with Crippen LogP contribution in [0.4, 0.5) is 0 Å². The minimum Gasteiger partial charge on any atom is -0.0996 e. The molecule has 0 aromatic heterocycles. The molecular weight excluding hydrogens is 168 g/mol. The van der Waals surface area contributed by atoms with Gasteiger partial charge in [0.25, 0.3) is 0 Å². The lowest BCUT2D eigenvalue weighted by atomic mass is 9.80. The smallest absolute Gasteiger partial charge is 0.0206 e. The molecule has 1 saturated carbocycles. The van der Waals surface area contributed by atoms with Crippen LogP contribution in [0.25, 0.3) is 0 Å². The van der Waals surface area contributed by atoms with Crippen LogP contribution in [0.2, 0.25) is 0 Å². The van der Waals surface area contributed by atoms with Crippen molar-refractivity contribution >= 4 is 0 Å². The zero-order valence-corrected chi connectivity index (χ0v) is 9.53. The lowest BCUT2D eigenvalue weighted by Crippen LogP contribution is -2.13. The normalized spacial score (nSPS) is 17.9. The van der Waals surface area contributed by atoms with E-state index in [-0.39, 0.29) is 7.43 Å². The molecule has 0 amide bonds. The van der Waals surface area contributed by atoms with E-state index < -0.39 is 0 Å². The molecule has 0 heterocycles. The number of allylic oxidation sites excluding steroid dienone is 1. The minimum absolute atomic E-state index is 0. The zero-order valence-electron chi connectivity index (χ0n) is 9.53. The van der Waals surface area contributed by atoms with Crippen LogP contribution in [0, 0.1) is 11.3 Å². The van der Waals surface area contributed by atoms with Crippen molar-refractivity contribution in [1.29, 1.82) is 0 Å². The van der Waals surface area contributed by atoms with E-state index in [1.165, 1.54) is 44.1 Å². The van der Waals surface area contributed by atoms with Crippen molar-refractivity contribution in [3.8, 4) is 0 Å². The summed E-state index contributed by atoms with van der Waals surface area (Å²) in [6.45, 7) is 11.3. The van der Waals surface area contributed by atoms with Gasteiger partial charge in [0.2, 0.25) is 0 Å². The van der Waals surface area contributed by atoms with Crippen LogP contribution >= 0.6 is 0 Å². The molecule has 0 saturated heterocycles. The average Bonchev–Trinajstić information content (AvgIpc) is 2.55. The quantitative estimate of drug-likeness (QED) is 0.542. The maximum atomic E-state index is 4.27. The molecule has 84 valence electrons. The van der Waals surface area contributed by atoms with Crippen molar-refractivity contribution < 1.29 is 0 Å². The van der Waals surface area contributed by atoms with E-state index in [2.05, 4.69) is 27.4 Å². The van der Waals surface area contributed by atoms with Crippen molar-refractivity contribution in [3.63, 3.8) is 0 Å². The second kappa shape index (κ2) is 5.58. The molecule has 0 nitrogen and oxygen atoms in total. The maximum Gasteiger partial charge on any atom is -0.0206 e. The van der Waals surface area contributed by atoms with Gasteiger partial charge in [0, 0.05) is 0 Å². The van der Waals surface area contributed by atoms with Crippen LogP contribution in [0.5, 0.6) is 0 Å². The van der Waals surface area contributed by atoms with Gasteiger partial charge in [-0.3, -0.25) is 0 Å². The molecule has 0 aromatic rings. The summed E-state index contributed by atoms with van der Waals surface area (Å²) in [6, 6.07) is 0. The van der Waals surface area contributed by atoms with Gasteiger partial charge in [0.05, 0.1) is 0 Å². The lowest BCUT2D eigenvalue weighted by Gasteiger charge is -2.26. The predicted octanol–water partition coefficient (Wildman–Crippen LogP) is 5.20. The van der Waals surface area contributed by atoms with Gasteiger partial charge < -0.3 is 0 Å². The summed E-state index contributed by atoms with van der Waals surface area (Å²) in [5.74, 6) is 0.853. The molecule has 0 N–H and O–H groups in total. The minimum atomic E-state index is 0. The van der Waals surface area contributed by atoms with Crippen LogP contribution in [0.3, 0.4) is 0 Å². The van der Waals surface area contributed by atoms with E-state index in [9.17, 15) is 0 Å². The number of rotatable bonds is 4. The van der Waals surface area contributed by atoms with E-state index in [1.54, 1.807) is 0 Å². The Balaban J connectivity index is 0.00000169. The Morgan fingerprint density at radius 2 is 1.79 bits per heavy atom. The summed E-state index contributed by atoms with van der Waals surface area (Å²) >= 11 is 0. The van der Waals surface area contributed by atoms with Crippen LogP contribution in [-0.4, -0.2) is 0 Å². The van der Waals surface area contributed by atoms with Crippen molar-refractivity contribution in [3.05, 3.63) is 12.2 Å². The largest absolute Gasteiger partial charge is 0.0996 e. The highest BCUT2D eigenvalue weighted by atomic mass is 14.3. The van der Waals surface area contributed by atoms with Crippen molar-refractivity contribution in [2.24, 2.45) is 11.3 Å². The van der Waals surface area contributed by atoms with E-state index in [0.29, 0.717) is 5.41 Å². The molecule has 14 heavy (non-hydrogen) atoms. The van der Waals surface area contributed by atoms with Gasteiger partial charge in [-0.2, -0.15) is 0 Å². The van der Waals surface area contributed by atoms with E-state index in [1.807, 2.05) is 0 Å². The zero-order chi connectivity index (χ0) is 9.90. The topological polar surface area (TPSA) is 0 Å². The summed E-state index contributed by atoms with van der Waals surface area (Å²) in [5, 5.41) is 0. The first-order valence-electron chi connectivity index (χ1n) is 5.73. The molecule has 0 aliphatic heterocycles.